The molecule has 1 saturated heterocycles. The van der Waals surface area contributed by atoms with Crippen LogP contribution in [0, 0.1) is 0 Å². The number of hydrogen-bond acceptors (Lipinski definition) is 3. The molecule has 0 radical (unpaired) electrons. The summed E-state index contributed by atoms with van der Waals surface area (Å²) < 4.78 is 5.75. The summed E-state index contributed by atoms with van der Waals surface area (Å²) in [7, 11) is 0. The fraction of sp³-hybridized carbons (Fsp3) is 0.632. The van der Waals surface area contributed by atoms with Gasteiger partial charge in [0.1, 0.15) is 5.75 Å². The zero-order valence-corrected chi connectivity index (χ0v) is 14.0. The van der Waals surface area contributed by atoms with Crippen LogP contribution in [0.2, 0.25) is 0 Å². The summed E-state index contributed by atoms with van der Waals surface area (Å²) in [6.45, 7) is 4.20. The molecule has 4 nitrogen and oxygen atoms in total. The molecule has 2 aliphatic rings. The molecule has 3 atom stereocenters. The molecule has 1 aromatic rings. The van der Waals surface area contributed by atoms with E-state index in [1.165, 1.54) is 45.2 Å². The van der Waals surface area contributed by atoms with Gasteiger partial charge >= 0.3 is 0 Å². The summed E-state index contributed by atoms with van der Waals surface area (Å²) in [4.78, 5) is 15.1. The average molecular weight is 316 g/mol. The highest BCUT2D eigenvalue weighted by Gasteiger charge is 2.33. The second-order valence-corrected chi connectivity index (χ2v) is 6.78. The second kappa shape index (κ2) is 7.82. The number of nitrogens with one attached hydrogen (secondary N) is 1. The number of ether oxygens (including phenoxy) is 1. The van der Waals surface area contributed by atoms with Crippen LogP contribution in [0.3, 0.4) is 0 Å². The van der Waals surface area contributed by atoms with Gasteiger partial charge in [0.2, 0.25) is 0 Å². The van der Waals surface area contributed by atoms with Gasteiger partial charge in [-0.25, -0.2) is 0 Å². The number of benzene rings is 1. The van der Waals surface area contributed by atoms with Crippen molar-refractivity contribution in [1.82, 2.24) is 10.2 Å². The van der Waals surface area contributed by atoms with Gasteiger partial charge in [-0.15, -0.1) is 0 Å². The van der Waals surface area contributed by atoms with Crippen molar-refractivity contribution in [3.8, 4) is 5.75 Å². The number of para-hydroxylation sites is 1. The van der Waals surface area contributed by atoms with Crippen LogP contribution >= 0.6 is 0 Å². The smallest absolute Gasteiger partial charge is 0.261 e. The molecule has 2 fully saturated rings. The topological polar surface area (TPSA) is 41.6 Å². The molecule has 0 spiro atoms. The van der Waals surface area contributed by atoms with E-state index < -0.39 is 6.10 Å². The molecular formula is C19H28N2O2. The molecule has 1 saturated carbocycles. The van der Waals surface area contributed by atoms with Crippen LogP contribution in [0.4, 0.5) is 0 Å². The van der Waals surface area contributed by atoms with Gasteiger partial charge in [0.25, 0.3) is 5.91 Å². The van der Waals surface area contributed by atoms with Crippen LogP contribution < -0.4 is 10.1 Å². The normalized spacial score (nSPS) is 26.7. The Hall–Kier alpha value is -1.55. The lowest BCUT2D eigenvalue weighted by molar-refractivity contribution is -0.128. The minimum absolute atomic E-state index is 0.00458. The van der Waals surface area contributed by atoms with E-state index in [9.17, 15) is 4.79 Å². The first-order valence-corrected chi connectivity index (χ1v) is 9.00. The number of rotatable bonds is 5. The lowest BCUT2D eigenvalue weighted by Gasteiger charge is -2.38. The first kappa shape index (κ1) is 16.3. The molecule has 4 heteroatoms. The molecule has 126 valence electrons. The first-order valence-electron chi connectivity index (χ1n) is 9.00. The second-order valence-electron chi connectivity index (χ2n) is 6.78. The van der Waals surface area contributed by atoms with E-state index in [1.807, 2.05) is 37.3 Å². The van der Waals surface area contributed by atoms with Gasteiger partial charge in [-0.05, 0) is 57.8 Å². The molecule has 1 amide bonds. The summed E-state index contributed by atoms with van der Waals surface area (Å²) in [6.07, 6.45) is 6.92. The van der Waals surface area contributed by atoms with Crippen LogP contribution in [0.1, 0.15) is 45.4 Å². The lowest BCUT2D eigenvalue weighted by Crippen LogP contribution is -2.54. The Morgan fingerprint density at radius 3 is 2.57 bits per heavy atom. The molecule has 3 unspecified atom stereocenters. The van der Waals surface area contributed by atoms with Crippen LogP contribution in [0.15, 0.2) is 30.3 Å². The molecule has 1 heterocycles. The molecule has 0 bridgehead atoms. The Morgan fingerprint density at radius 1 is 1.13 bits per heavy atom. The van der Waals surface area contributed by atoms with Gasteiger partial charge in [0.05, 0.1) is 0 Å². The maximum absolute atomic E-state index is 12.5. The molecule has 1 aliphatic carbocycles. The van der Waals surface area contributed by atoms with Crippen LogP contribution in [-0.2, 0) is 4.79 Å². The van der Waals surface area contributed by atoms with Crippen LogP contribution in [0.25, 0.3) is 0 Å². The third-order valence-electron chi connectivity index (χ3n) is 5.09. The monoisotopic (exact) mass is 316 g/mol. The van der Waals surface area contributed by atoms with Crippen molar-refractivity contribution in [3.63, 3.8) is 0 Å². The van der Waals surface area contributed by atoms with Crippen molar-refractivity contribution < 1.29 is 9.53 Å². The number of carbonyl (C=O) groups excluding carboxylic acids is 1. The summed E-state index contributed by atoms with van der Waals surface area (Å²) in [5, 5.41) is 3.26. The predicted octanol–water partition coefficient (Wildman–Crippen LogP) is 2.98. The molecule has 0 aromatic heterocycles. The predicted molar refractivity (Wildman–Crippen MR) is 91.5 cm³/mol. The summed E-state index contributed by atoms with van der Waals surface area (Å²) in [5.41, 5.74) is 0. The molecule has 1 N–H and O–H groups in total. The number of amides is 1. The van der Waals surface area contributed by atoms with Crippen molar-refractivity contribution in [2.75, 3.05) is 13.1 Å². The maximum Gasteiger partial charge on any atom is 0.261 e. The SMILES string of the molecule is CC(Oc1ccccc1)C(=O)NC1CCCCC1N1CCCC1. The van der Waals surface area contributed by atoms with Gasteiger partial charge in [-0.2, -0.15) is 0 Å². The molecular weight excluding hydrogens is 288 g/mol. The van der Waals surface area contributed by atoms with E-state index in [2.05, 4.69) is 10.2 Å². The van der Waals surface area contributed by atoms with E-state index in [0.717, 1.165) is 12.2 Å². The zero-order chi connectivity index (χ0) is 16.1. The summed E-state index contributed by atoms with van der Waals surface area (Å²) >= 11 is 0. The van der Waals surface area contributed by atoms with Crippen molar-refractivity contribution in [2.24, 2.45) is 0 Å². The highest BCUT2D eigenvalue weighted by molar-refractivity contribution is 5.81. The van der Waals surface area contributed by atoms with Gasteiger partial charge < -0.3 is 10.1 Å². The van der Waals surface area contributed by atoms with Crippen LogP contribution in [0.5, 0.6) is 5.75 Å². The summed E-state index contributed by atoms with van der Waals surface area (Å²) in [5.74, 6) is 0.750. The molecule has 23 heavy (non-hydrogen) atoms. The van der Waals surface area contributed by atoms with Gasteiger partial charge in [-0.3, -0.25) is 9.69 Å². The van der Waals surface area contributed by atoms with Gasteiger partial charge in [-0.1, -0.05) is 31.0 Å². The summed E-state index contributed by atoms with van der Waals surface area (Å²) in [6, 6.07) is 10.3. The number of nitrogens with zero attached hydrogens (tertiary/aromatic N) is 1. The maximum atomic E-state index is 12.5. The Labute approximate surface area is 139 Å². The minimum atomic E-state index is -0.460. The Bertz CT molecular complexity index is 499. The van der Waals surface area contributed by atoms with E-state index in [-0.39, 0.29) is 11.9 Å². The number of carbonyl (C=O) groups is 1. The highest BCUT2D eigenvalue weighted by Crippen LogP contribution is 2.26. The van der Waals surface area contributed by atoms with E-state index >= 15 is 0 Å². The Kier molecular flexibility index (Phi) is 5.55. The highest BCUT2D eigenvalue weighted by atomic mass is 16.5. The van der Waals surface area contributed by atoms with E-state index in [4.69, 9.17) is 4.74 Å². The fourth-order valence-corrected chi connectivity index (χ4v) is 3.85. The average Bonchev–Trinajstić information content (AvgIpc) is 3.10. The number of hydrogen-bond donors (Lipinski definition) is 1. The quantitative estimate of drug-likeness (QED) is 0.908. The third kappa shape index (κ3) is 4.25. The van der Waals surface area contributed by atoms with Crippen molar-refractivity contribution >= 4 is 5.91 Å². The lowest BCUT2D eigenvalue weighted by atomic mass is 9.89. The number of likely N-dealkylation sites (tertiary alicyclic amines) is 1. The minimum Gasteiger partial charge on any atom is -0.481 e. The van der Waals surface area contributed by atoms with Gasteiger partial charge in [0.15, 0.2) is 6.10 Å². The standard InChI is InChI=1S/C19H28N2O2/c1-15(23-16-9-3-2-4-10-16)19(22)20-17-11-5-6-12-18(17)21-13-7-8-14-21/h2-4,9-10,15,17-18H,5-8,11-14H2,1H3,(H,20,22). The van der Waals surface area contributed by atoms with E-state index in [1.54, 1.807) is 0 Å². The Balaban J connectivity index is 1.56. The third-order valence-corrected chi connectivity index (χ3v) is 5.09. The van der Waals surface area contributed by atoms with Crippen molar-refractivity contribution in [2.45, 2.75) is 63.6 Å². The fourth-order valence-electron chi connectivity index (χ4n) is 3.85. The van der Waals surface area contributed by atoms with E-state index in [0.29, 0.717) is 6.04 Å². The zero-order valence-electron chi connectivity index (χ0n) is 14.0. The molecule has 1 aliphatic heterocycles. The first-order chi connectivity index (χ1) is 11.2. The van der Waals surface area contributed by atoms with Gasteiger partial charge in [0, 0.05) is 12.1 Å². The Morgan fingerprint density at radius 2 is 1.83 bits per heavy atom. The van der Waals surface area contributed by atoms with Crippen LogP contribution in [-0.4, -0.2) is 42.1 Å². The van der Waals surface area contributed by atoms with Crippen molar-refractivity contribution in [3.05, 3.63) is 30.3 Å². The largest absolute Gasteiger partial charge is 0.481 e. The van der Waals surface area contributed by atoms with Crippen molar-refractivity contribution in [1.29, 1.82) is 0 Å². The molecule has 3 rings (SSSR count). The molecule has 1 aromatic carbocycles.